The molecule has 0 aromatic heterocycles. The third kappa shape index (κ3) is 1.08. The fourth-order valence-electron chi connectivity index (χ4n) is 0.406. The highest BCUT2D eigenvalue weighted by atomic mass is 16.3. The SMILES string of the molecule is CN1NNC(O)N1. The molecule has 0 spiro atoms. The van der Waals surface area contributed by atoms with Crippen molar-refractivity contribution in [1.29, 1.82) is 0 Å². The van der Waals surface area contributed by atoms with Crippen LogP contribution in [-0.4, -0.2) is 23.6 Å². The van der Waals surface area contributed by atoms with E-state index < -0.39 is 6.35 Å². The van der Waals surface area contributed by atoms with Crippen LogP contribution in [0.5, 0.6) is 0 Å². The highest BCUT2D eigenvalue weighted by Crippen LogP contribution is 1.75. The van der Waals surface area contributed by atoms with Crippen molar-refractivity contribution < 1.29 is 5.11 Å². The second-order valence-corrected chi connectivity index (χ2v) is 1.35. The molecule has 0 aromatic rings. The monoisotopic (exact) mass is 104 g/mol. The van der Waals surface area contributed by atoms with Crippen molar-refractivity contribution >= 4 is 0 Å². The standard InChI is InChI=1S/C2H8N4O/c1-6-4-2(7)3-5-6/h2-5,7H,1H3. The first kappa shape index (κ1) is 4.95. The summed E-state index contributed by atoms with van der Waals surface area (Å²) in [5, 5.41) is 10.1. The van der Waals surface area contributed by atoms with Gasteiger partial charge >= 0.3 is 0 Å². The van der Waals surface area contributed by atoms with Gasteiger partial charge in [0.15, 0.2) is 6.35 Å². The molecule has 5 heteroatoms. The van der Waals surface area contributed by atoms with Crippen LogP contribution in [-0.2, 0) is 0 Å². The van der Waals surface area contributed by atoms with E-state index in [9.17, 15) is 0 Å². The highest BCUT2D eigenvalue weighted by molar-refractivity contribution is 4.45. The van der Waals surface area contributed by atoms with Crippen LogP contribution in [0.25, 0.3) is 0 Å². The van der Waals surface area contributed by atoms with E-state index in [1.165, 1.54) is 5.12 Å². The molecular weight excluding hydrogens is 96.0 g/mol. The molecule has 1 atom stereocenters. The third-order valence-corrected chi connectivity index (χ3v) is 0.685. The maximum Gasteiger partial charge on any atom is 0.188 e. The Bertz CT molecular complexity index is 58.7. The summed E-state index contributed by atoms with van der Waals surface area (Å²) in [6.07, 6.45) is -0.662. The van der Waals surface area contributed by atoms with Gasteiger partial charge in [-0.05, 0) is 0 Å². The van der Waals surface area contributed by atoms with Crippen LogP contribution in [0.1, 0.15) is 0 Å². The minimum Gasteiger partial charge on any atom is -0.363 e. The molecule has 1 rings (SSSR count). The van der Waals surface area contributed by atoms with Gasteiger partial charge in [0.1, 0.15) is 0 Å². The molecule has 1 saturated heterocycles. The first-order chi connectivity index (χ1) is 3.29. The topological polar surface area (TPSA) is 59.6 Å². The third-order valence-electron chi connectivity index (χ3n) is 0.685. The van der Waals surface area contributed by atoms with Gasteiger partial charge in [-0.3, -0.25) is 0 Å². The second-order valence-electron chi connectivity index (χ2n) is 1.35. The molecule has 1 aliphatic heterocycles. The summed E-state index contributed by atoms with van der Waals surface area (Å²) in [6.45, 7) is 0. The smallest absolute Gasteiger partial charge is 0.188 e. The zero-order chi connectivity index (χ0) is 5.28. The number of rotatable bonds is 0. The lowest BCUT2D eigenvalue weighted by molar-refractivity contribution is 0.103. The van der Waals surface area contributed by atoms with Crippen LogP contribution in [0.4, 0.5) is 0 Å². The van der Waals surface area contributed by atoms with Gasteiger partial charge in [0, 0.05) is 7.05 Å². The number of nitrogens with zero attached hydrogens (tertiary/aromatic N) is 1. The van der Waals surface area contributed by atoms with E-state index in [2.05, 4.69) is 16.4 Å². The van der Waals surface area contributed by atoms with Gasteiger partial charge in [0.05, 0.1) is 0 Å². The molecule has 0 bridgehead atoms. The van der Waals surface area contributed by atoms with Crippen LogP contribution in [0, 0.1) is 0 Å². The predicted molar refractivity (Wildman–Crippen MR) is 23.2 cm³/mol. The quantitative estimate of drug-likeness (QED) is 0.279. The van der Waals surface area contributed by atoms with Crippen molar-refractivity contribution in [3.05, 3.63) is 0 Å². The Kier molecular flexibility index (Phi) is 1.22. The summed E-state index contributed by atoms with van der Waals surface area (Å²) < 4.78 is 0. The van der Waals surface area contributed by atoms with Crippen LogP contribution >= 0.6 is 0 Å². The molecule has 0 aromatic carbocycles. The molecule has 0 saturated carbocycles. The lowest BCUT2D eigenvalue weighted by Crippen LogP contribution is -2.36. The van der Waals surface area contributed by atoms with Crippen LogP contribution < -0.4 is 16.4 Å². The van der Waals surface area contributed by atoms with Crippen LogP contribution in [0.3, 0.4) is 0 Å². The maximum atomic E-state index is 8.57. The van der Waals surface area contributed by atoms with Gasteiger partial charge in [-0.25, -0.2) is 5.43 Å². The molecule has 0 amide bonds. The van der Waals surface area contributed by atoms with Crippen LogP contribution in [0.2, 0.25) is 0 Å². The predicted octanol–water partition coefficient (Wildman–Crippen LogP) is -2.28. The van der Waals surface area contributed by atoms with Crippen molar-refractivity contribution in [3.63, 3.8) is 0 Å². The Morgan fingerprint density at radius 2 is 2.43 bits per heavy atom. The van der Waals surface area contributed by atoms with Gasteiger partial charge < -0.3 is 5.11 Å². The first-order valence-electron chi connectivity index (χ1n) is 1.98. The van der Waals surface area contributed by atoms with E-state index in [0.717, 1.165) is 0 Å². The van der Waals surface area contributed by atoms with E-state index in [1.54, 1.807) is 7.05 Å². The Labute approximate surface area is 41.2 Å². The molecular formula is C2H8N4O. The fourth-order valence-corrected chi connectivity index (χ4v) is 0.406. The number of aliphatic hydroxyl groups excluding tert-OH is 1. The zero-order valence-electron chi connectivity index (χ0n) is 3.97. The largest absolute Gasteiger partial charge is 0.363 e. The Balaban J connectivity index is 2.26. The summed E-state index contributed by atoms with van der Waals surface area (Å²) in [4.78, 5) is 0. The van der Waals surface area contributed by atoms with Crippen molar-refractivity contribution in [3.8, 4) is 0 Å². The van der Waals surface area contributed by atoms with Crippen molar-refractivity contribution in [2.45, 2.75) is 6.35 Å². The molecule has 1 heterocycles. The molecule has 7 heavy (non-hydrogen) atoms. The molecule has 0 radical (unpaired) electrons. The highest BCUT2D eigenvalue weighted by Gasteiger charge is 2.11. The van der Waals surface area contributed by atoms with E-state index in [4.69, 9.17) is 5.11 Å². The molecule has 5 nitrogen and oxygen atoms in total. The van der Waals surface area contributed by atoms with Gasteiger partial charge in [-0.1, -0.05) is 0 Å². The molecule has 1 aliphatic rings. The zero-order valence-corrected chi connectivity index (χ0v) is 3.97. The summed E-state index contributed by atoms with van der Waals surface area (Å²) in [5.74, 6) is 0. The van der Waals surface area contributed by atoms with Crippen molar-refractivity contribution in [2.75, 3.05) is 7.05 Å². The minimum absolute atomic E-state index is 0.662. The minimum atomic E-state index is -0.662. The molecule has 1 fully saturated rings. The number of nitrogens with one attached hydrogen (secondary N) is 3. The van der Waals surface area contributed by atoms with Gasteiger partial charge in [0.25, 0.3) is 0 Å². The van der Waals surface area contributed by atoms with Gasteiger partial charge in [-0.15, -0.1) is 0 Å². The number of aliphatic hydroxyl groups is 1. The molecule has 4 N–H and O–H groups in total. The van der Waals surface area contributed by atoms with Crippen molar-refractivity contribution in [2.24, 2.45) is 0 Å². The Morgan fingerprint density at radius 3 is 2.57 bits per heavy atom. The first-order valence-corrected chi connectivity index (χ1v) is 1.98. The normalized spacial score (nSPS) is 34.3. The van der Waals surface area contributed by atoms with Gasteiger partial charge in [-0.2, -0.15) is 16.1 Å². The molecule has 0 aliphatic carbocycles. The van der Waals surface area contributed by atoms with E-state index in [1.807, 2.05) is 0 Å². The Hall–Kier alpha value is -0.200. The average molecular weight is 104 g/mol. The summed E-state index contributed by atoms with van der Waals surface area (Å²) in [7, 11) is 1.74. The average Bonchev–Trinajstić information content (AvgIpc) is 1.87. The molecule has 42 valence electrons. The summed E-state index contributed by atoms with van der Waals surface area (Å²) in [5.41, 5.74) is 7.66. The maximum absolute atomic E-state index is 8.57. The molecule has 1 unspecified atom stereocenters. The Morgan fingerprint density at radius 1 is 1.71 bits per heavy atom. The van der Waals surface area contributed by atoms with Gasteiger partial charge in [0.2, 0.25) is 0 Å². The number of hydrogen-bond acceptors (Lipinski definition) is 5. The van der Waals surface area contributed by atoms with Crippen LogP contribution in [0.15, 0.2) is 0 Å². The van der Waals surface area contributed by atoms with E-state index in [0.29, 0.717) is 0 Å². The summed E-state index contributed by atoms with van der Waals surface area (Å²) in [6, 6.07) is 0. The summed E-state index contributed by atoms with van der Waals surface area (Å²) >= 11 is 0. The number of hydrazine groups is 3. The van der Waals surface area contributed by atoms with E-state index in [-0.39, 0.29) is 0 Å². The fraction of sp³-hybridized carbons (Fsp3) is 1.00. The van der Waals surface area contributed by atoms with E-state index >= 15 is 0 Å². The number of hydrogen-bond donors (Lipinski definition) is 4. The lowest BCUT2D eigenvalue weighted by atomic mass is 11.1. The van der Waals surface area contributed by atoms with Crippen molar-refractivity contribution in [1.82, 2.24) is 21.5 Å². The second kappa shape index (κ2) is 1.73. The lowest BCUT2D eigenvalue weighted by Gasteiger charge is -2.03.